The molecule has 2 rings (SSSR count). The number of anilines is 1. The molecule has 0 saturated heterocycles. The molecule has 0 aliphatic rings. The molecule has 7 heteroatoms. The Kier molecular flexibility index (Phi) is 3.69. The van der Waals surface area contributed by atoms with Gasteiger partial charge in [0.15, 0.2) is 0 Å². The van der Waals surface area contributed by atoms with Crippen LogP contribution < -0.4 is 11.0 Å². The minimum Gasteiger partial charge on any atom is -0.460 e. The van der Waals surface area contributed by atoms with Gasteiger partial charge < -0.3 is 4.42 Å². The zero-order valence-electron chi connectivity index (χ0n) is 11.9. The van der Waals surface area contributed by atoms with E-state index >= 15 is 0 Å². The fourth-order valence-corrected chi connectivity index (χ4v) is 1.56. The van der Waals surface area contributed by atoms with Gasteiger partial charge in [-0.05, 0) is 19.1 Å². The van der Waals surface area contributed by atoms with Crippen molar-refractivity contribution < 1.29 is 4.42 Å². The van der Waals surface area contributed by atoms with Crippen molar-refractivity contribution in [3.8, 4) is 0 Å². The highest BCUT2D eigenvalue weighted by Crippen LogP contribution is 2.15. The van der Waals surface area contributed by atoms with Crippen LogP contribution in [0.15, 0.2) is 26.4 Å². The standard InChI is InChI=1S/C13H17N5O2/c1-8-5-6-9(20-8)7-14-17-12-15-11(19)10(16-18-12)13(2,3)4/h5-7H,1-4H3,(H2,15,17,18,19)/b14-7+. The molecule has 0 radical (unpaired) electrons. The van der Waals surface area contributed by atoms with E-state index in [1.165, 1.54) is 6.21 Å². The average molecular weight is 275 g/mol. The molecule has 2 aromatic heterocycles. The first kappa shape index (κ1) is 14.0. The molecule has 0 unspecified atom stereocenters. The summed E-state index contributed by atoms with van der Waals surface area (Å²) in [5.74, 6) is 1.59. The van der Waals surface area contributed by atoms with Gasteiger partial charge >= 0.3 is 0 Å². The van der Waals surface area contributed by atoms with E-state index in [1.54, 1.807) is 6.07 Å². The third-order valence-corrected chi connectivity index (χ3v) is 2.53. The molecule has 0 fully saturated rings. The molecule has 2 N–H and O–H groups in total. The summed E-state index contributed by atoms with van der Waals surface area (Å²) in [5, 5.41) is 11.7. The maximum Gasteiger partial charge on any atom is 0.274 e. The summed E-state index contributed by atoms with van der Waals surface area (Å²) in [6, 6.07) is 3.62. The summed E-state index contributed by atoms with van der Waals surface area (Å²) in [5.41, 5.74) is 2.35. The summed E-state index contributed by atoms with van der Waals surface area (Å²) in [7, 11) is 0. The van der Waals surface area contributed by atoms with Crippen molar-refractivity contribution in [3.63, 3.8) is 0 Å². The second-order valence-corrected chi connectivity index (χ2v) is 5.42. The Balaban J connectivity index is 2.10. The molecule has 0 spiro atoms. The number of furan rings is 1. The molecule has 106 valence electrons. The van der Waals surface area contributed by atoms with E-state index in [4.69, 9.17) is 4.42 Å². The lowest BCUT2D eigenvalue weighted by molar-refractivity contribution is 0.528. The number of nitrogens with one attached hydrogen (secondary N) is 2. The van der Waals surface area contributed by atoms with Crippen LogP contribution in [0.3, 0.4) is 0 Å². The van der Waals surface area contributed by atoms with E-state index in [-0.39, 0.29) is 16.9 Å². The second kappa shape index (κ2) is 5.28. The Morgan fingerprint density at radius 1 is 1.35 bits per heavy atom. The van der Waals surface area contributed by atoms with Crippen molar-refractivity contribution in [2.24, 2.45) is 5.10 Å². The Morgan fingerprint density at radius 2 is 2.10 bits per heavy atom. The molecule has 0 bridgehead atoms. The molecular formula is C13H17N5O2. The number of aromatic nitrogens is 3. The van der Waals surface area contributed by atoms with Gasteiger partial charge in [0.05, 0.1) is 6.21 Å². The Labute approximate surface area is 116 Å². The number of aromatic amines is 1. The quantitative estimate of drug-likeness (QED) is 0.657. The highest BCUT2D eigenvalue weighted by atomic mass is 16.3. The van der Waals surface area contributed by atoms with Crippen molar-refractivity contribution in [2.75, 3.05) is 5.43 Å². The van der Waals surface area contributed by atoms with Gasteiger partial charge in [0.25, 0.3) is 5.56 Å². The van der Waals surface area contributed by atoms with Gasteiger partial charge in [-0.3, -0.25) is 9.78 Å². The molecule has 0 atom stereocenters. The summed E-state index contributed by atoms with van der Waals surface area (Å²) >= 11 is 0. The van der Waals surface area contributed by atoms with Crippen LogP contribution in [0.5, 0.6) is 0 Å². The molecule has 0 aliphatic carbocycles. The van der Waals surface area contributed by atoms with Crippen LogP contribution in [0.4, 0.5) is 5.95 Å². The third kappa shape index (κ3) is 3.31. The monoisotopic (exact) mass is 275 g/mol. The molecule has 0 amide bonds. The predicted molar refractivity (Wildman–Crippen MR) is 76.0 cm³/mol. The van der Waals surface area contributed by atoms with Gasteiger partial charge in [-0.25, -0.2) is 5.43 Å². The molecule has 0 aromatic carbocycles. The third-order valence-electron chi connectivity index (χ3n) is 2.53. The van der Waals surface area contributed by atoms with E-state index in [9.17, 15) is 4.79 Å². The van der Waals surface area contributed by atoms with Gasteiger partial charge in [0.2, 0.25) is 5.95 Å². The summed E-state index contributed by atoms with van der Waals surface area (Å²) in [6.45, 7) is 7.54. The number of rotatable bonds is 3. The van der Waals surface area contributed by atoms with Crippen molar-refractivity contribution >= 4 is 12.2 Å². The van der Waals surface area contributed by atoms with Crippen molar-refractivity contribution in [1.82, 2.24) is 15.2 Å². The van der Waals surface area contributed by atoms with Gasteiger partial charge in [-0.2, -0.15) is 5.10 Å². The largest absolute Gasteiger partial charge is 0.460 e. The molecular weight excluding hydrogens is 258 g/mol. The number of hydrogen-bond donors (Lipinski definition) is 2. The van der Waals surface area contributed by atoms with E-state index in [1.807, 2.05) is 33.8 Å². The maximum atomic E-state index is 11.9. The van der Waals surface area contributed by atoms with Crippen molar-refractivity contribution in [1.29, 1.82) is 0 Å². The lowest BCUT2D eigenvalue weighted by atomic mass is 9.93. The fraction of sp³-hybridized carbons (Fsp3) is 0.385. The smallest absolute Gasteiger partial charge is 0.274 e. The molecule has 7 nitrogen and oxygen atoms in total. The molecule has 0 saturated carbocycles. The zero-order chi connectivity index (χ0) is 14.8. The highest BCUT2D eigenvalue weighted by Gasteiger charge is 2.20. The molecule has 2 heterocycles. The van der Waals surface area contributed by atoms with E-state index in [0.29, 0.717) is 11.5 Å². The summed E-state index contributed by atoms with van der Waals surface area (Å²) in [4.78, 5) is 14.4. The predicted octanol–water partition coefficient (Wildman–Crippen LogP) is 1.81. The van der Waals surface area contributed by atoms with Gasteiger partial charge in [0, 0.05) is 5.41 Å². The SMILES string of the molecule is Cc1ccc(/C=N/Nc2nnc(C(C)(C)C)c(=O)[nH]2)o1. The summed E-state index contributed by atoms with van der Waals surface area (Å²) in [6.07, 6.45) is 1.49. The normalized spacial score (nSPS) is 12.0. The van der Waals surface area contributed by atoms with Crippen LogP contribution in [0.2, 0.25) is 0 Å². The van der Waals surface area contributed by atoms with Crippen LogP contribution >= 0.6 is 0 Å². The average Bonchev–Trinajstić information content (AvgIpc) is 2.73. The Morgan fingerprint density at radius 3 is 2.65 bits per heavy atom. The summed E-state index contributed by atoms with van der Waals surface area (Å²) < 4.78 is 5.31. The van der Waals surface area contributed by atoms with Crippen LogP contribution in [-0.4, -0.2) is 21.4 Å². The Hall–Kier alpha value is -2.44. The second-order valence-electron chi connectivity index (χ2n) is 5.42. The number of hydrogen-bond acceptors (Lipinski definition) is 6. The lowest BCUT2D eigenvalue weighted by Crippen LogP contribution is -2.28. The topological polar surface area (TPSA) is 96.2 Å². The van der Waals surface area contributed by atoms with Crippen LogP contribution in [-0.2, 0) is 5.41 Å². The molecule has 20 heavy (non-hydrogen) atoms. The zero-order valence-corrected chi connectivity index (χ0v) is 11.9. The van der Waals surface area contributed by atoms with Gasteiger partial charge in [-0.1, -0.05) is 20.8 Å². The molecule has 0 aliphatic heterocycles. The number of hydrazone groups is 1. The van der Waals surface area contributed by atoms with Crippen LogP contribution in [0, 0.1) is 6.92 Å². The van der Waals surface area contributed by atoms with Gasteiger partial charge in [0.1, 0.15) is 17.2 Å². The lowest BCUT2D eigenvalue weighted by Gasteiger charge is -2.15. The number of nitrogens with zero attached hydrogens (tertiary/aromatic N) is 3. The number of aryl methyl sites for hydroxylation is 1. The Bertz CT molecular complexity index is 679. The maximum absolute atomic E-state index is 11.9. The van der Waals surface area contributed by atoms with E-state index in [0.717, 1.165) is 5.76 Å². The van der Waals surface area contributed by atoms with E-state index in [2.05, 4.69) is 25.7 Å². The van der Waals surface area contributed by atoms with Crippen LogP contribution in [0.25, 0.3) is 0 Å². The molecule has 2 aromatic rings. The minimum absolute atomic E-state index is 0.183. The van der Waals surface area contributed by atoms with Crippen molar-refractivity contribution in [2.45, 2.75) is 33.1 Å². The van der Waals surface area contributed by atoms with E-state index < -0.39 is 0 Å². The van der Waals surface area contributed by atoms with Gasteiger partial charge in [-0.15, -0.1) is 10.2 Å². The minimum atomic E-state index is -0.353. The first-order chi connectivity index (χ1) is 9.36. The fourth-order valence-electron chi connectivity index (χ4n) is 1.56. The van der Waals surface area contributed by atoms with Crippen LogP contribution in [0.1, 0.15) is 38.0 Å². The highest BCUT2D eigenvalue weighted by molar-refractivity contribution is 5.76. The number of H-pyrrole nitrogens is 1. The van der Waals surface area contributed by atoms with Crippen molar-refractivity contribution in [3.05, 3.63) is 39.7 Å². The first-order valence-electron chi connectivity index (χ1n) is 6.19. The first-order valence-corrected chi connectivity index (χ1v) is 6.19.